The molecule has 0 radical (unpaired) electrons. The Kier molecular flexibility index (Phi) is 3.38. The van der Waals surface area contributed by atoms with E-state index in [2.05, 4.69) is 11.9 Å². The van der Waals surface area contributed by atoms with Gasteiger partial charge in [-0.05, 0) is 31.0 Å². The van der Waals surface area contributed by atoms with Crippen molar-refractivity contribution >= 4 is 11.4 Å². The van der Waals surface area contributed by atoms with E-state index >= 15 is 0 Å². The van der Waals surface area contributed by atoms with Crippen LogP contribution < -0.4 is 11.1 Å². The van der Waals surface area contributed by atoms with Gasteiger partial charge in [0.1, 0.15) is 0 Å². The van der Waals surface area contributed by atoms with Crippen molar-refractivity contribution < 1.29 is 0 Å². The Bertz CT molecular complexity index is 292. The Hall–Kier alpha value is -1.44. The number of nitrogens with one attached hydrogen (secondary N) is 1. The summed E-state index contributed by atoms with van der Waals surface area (Å²) < 4.78 is 0. The molecule has 0 saturated heterocycles. The van der Waals surface area contributed by atoms with Crippen molar-refractivity contribution in [2.45, 2.75) is 13.3 Å². The van der Waals surface area contributed by atoms with Crippen LogP contribution in [0, 0.1) is 6.92 Å². The van der Waals surface area contributed by atoms with Gasteiger partial charge >= 0.3 is 0 Å². The molecule has 2 heteroatoms. The standard InChI is InChI=1S/C11H16N2/c1-3-4-8-13-11-7-5-6-10(12)9(11)2/h3,5-7,13H,1,4,8,12H2,2H3. The lowest BCUT2D eigenvalue weighted by Crippen LogP contribution is -2.03. The van der Waals surface area contributed by atoms with E-state index in [1.807, 2.05) is 31.2 Å². The molecular weight excluding hydrogens is 160 g/mol. The van der Waals surface area contributed by atoms with E-state index in [0.717, 1.165) is 29.9 Å². The average Bonchev–Trinajstić information content (AvgIpc) is 2.13. The topological polar surface area (TPSA) is 38.0 Å². The summed E-state index contributed by atoms with van der Waals surface area (Å²) in [7, 11) is 0. The van der Waals surface area contributed by atoms with Crippen molar-refractivity contribution in [1.82, 2.24) is 0 Å². The highest BCUT2D eigenvalue weighted by atomic mass is 14.9. The van der Waals surface area contributed by atoms with Gasteiger partial charge in [-0.2, -0.15) is 0 Å². The van der Waals surface area contributed by atoms with E-state index in [0.29, 0.717) is 0 Å². The molecule has 0 unspecified atom stereocenters. The predicted molar refractivity (Wildman–Crippen MR) is 58.9 cm³/mol. The van der Waals surface area contributed by atoms with Crippen molar-refractivity contribution in [2.75, 3.05) is 17.6 Å². The maximum absolute atomic E-state index is 5.76. The Morgan fingerprint density at radius 2 is 2.31 bits per heavy atom. The molecule has 70 valence electrons. The zero-order valence-electron chi connectivity index (χ0n) is 8.01. The average molecular weight is 176 g/mol. The molecule has 0 saturated carbocycles. The molecule has 0 amide bonds. The van der Waals surface area contributed by atoms with Crippen LogP contribution >= 0.6 is 0 Å². The summed E-state index contributed by atoms with van der Waals surface area (Å²) in [5.74, 6) is 0. The first-order valence-corrected chi connectivity index (χ1v) is 4.45. The summed E-state index contributed by atoms with van der Waals surface area (Å²) in [4.78, 5) is 0. The first-order chi connectivity index (χ1) is 6.25. The summed E-state index contributed by atoms with van der Waals surface area (Å²) in [6, 6.07) is 5.90. The minimum absolute atomic E-state index is 0.837. The molecule has 0 aliphatic heterocycles. The van der Waals surface area contributed by atoms with Crippen molar-refractivity contribution in [1.29, 1.82) is 0 Å². The summed E-state index contributed by atoms with van der Waals surface area (Å²) in [5, 5.41) is 3.30. The van der Waals surface area contributed by atoms with Gasteiger partial charge in [0.25, 0.3) is 0 Å². The molecular formula is C11H16N2. The molecule has 2 nitrogen and oxygen atoms in total. The molecule has 0 bridgehead atoms. The molecule has 0 aromatic heterocycles. The smallest absolute Gasteiger partial charge is 0.0390 e. The minimum atomic E-state index is 0.837. The third kappa shape index (κ3) is 2.51. The fourth-order valence-corrected chi connectivity index (χ4v) is 1.15. The lowest BCUT2D eigenvalue weighted by molar-refractivity contribution is 1.07. The second kappa shape index (κ2) is 4.55. The lowest BCUT2D eigenvalue weighted by atomic mass is 10.1. The third-order valence-electron chi connectivity index (χ3n) is 2.04. The molecule has 0 aliphatic rings. The van der Waals surface area contributed by atoms with E-state index in [9.17, 15) is 0 Å². The molecule has 0 heterocycles. The first-order valence-electron chi connectivity index (χ1n) is 4.45. The molecule has 0 spiro atoms. The maximum Gasteiger partial charge on any atom is 0.0390 e. The maximum atomic E-state index is 5.76. The van der Waals surface area contributed by atoms with E-state index in [4.69, 9.17) is 5.73 Å². The monoisotopic (exact) mass is 176 g/mol. The van der Waals surface area contributed by atoms with Gasteiger partial charge in [0.05, 0.1) is 0 Å². The lowest BCUT2D eigenvalue weighted by Gasteiger charge is -2.09. The van der Waals surface area contributed by atoms with E-state index in [1.165, 1.54) is 0 Å². The number of benzene rings is 1. The van der Waals surface area contributed by atoms with Crippen molar-refractivity contribution in [3.05, 3.63) is 36.4 Å². The first kappa shape index (κ1) is 9.65. The Balaban J connectivity index is 2.65. The highest BCUT2D eigenvalue weighted by molar-refractivity contribution is 5.62. The van der Waals surface area contributed by atoms with Gasteiger partial charge in [-0.1, -0.05) is 12.1 Å². The number of hydrogen-bond acceptors (Lipinski definition) is 2. The summed E-state index contributed by atoms with van der Waals surface area (Å²) in [6.45, 7) is 6.60. The number of rotatable bonds is 4. The van der Waals surface area contributed by atoms with Gasteiger partial charge in [-0.25, -0.2) is 0 Å². The van der Waals surface area contributed by atoms with Gasteiger partial charge < -0.3 is 11.1 Å². The van der Waals surface area contributed by atoms with Gasteiger partial charge in [-0.3, -0.25) is 0 Å². The Morgan fingerprint density at radius 3 is 3.00 bits per heavy atom. The molecule has 13 heavy (non-hydrogen) atoms. The highest BCUT2D eigenvalue weighted by Gasteiger charge is 1.98. The Labute approximate surface area is 79.5 Å². The highest BCUT2D eigenvalue weighted by Crippen LogP contribution is 2.20. The molecule has 0 aliphatic carbocycles. The van der Waals surface area contributed by atoms with Crippen LogP contribution in [0.3, 0.4) is 0 Å². The molecule has 1 aromatic rings. The Morgan fingerprint density at radius 1 is 1.54 bits per heavy atom. The third-order valence-corrected chi connectivity index (χ3v) is 2.04. The summed E-state index contributed by atoms with van der Waals surface area (Å²) in [6.07, 6.45) is 2.86. The number of hydrogen-bond donors (Lipinski definition) is 2. The van der Waals surface area contributed by atoms with Crippen molar-refractivity contribution in [3.63, 3.8) is 0 Å². The van der Waals surface area contributed by atoms with E-state index in [-0.39, 0.29) is 0 Å². The molecule has 1 aromatic carbocycles. The minimum Gasteiger partial charge on any atom is -0.398 e. The van der Waals surface area contributed by atoms with Crippen LogP contribution in [0.5, 0.6) is 0 Å². The normalized spacial score (nSPS) is 9.62. The van der Waals surface area contributed by atoms with Crippen LogP contribution in [0.1, 0.15) is 12.0 Å². The number of nitrogen functional groups attached to an aromatic ring is 1. The second-order valence-corrected chi connectivity index (χ2v) is 3.02. The fraction of sp³-hybridized carbons (Fsp3) is 0.273. The fourth-order valence-electron chi connectivity index (χ4n) is 1.15. The van der Waals surface area contributed by atoms with Crippen LogP contribution in [-0.2, 0) is 0 Å². The summed E-state index contributed by atoms with van der Waals surface area (Å²) in [5.41, 5.74) is 8.83. The molecule has 3 N–H and O–H groups in total. The molecule has 1 rings (SSSR count). The van der Waals surface area contributed by atoms with Crippen LogP contribution in [0.4, 0.5) is 11.4 Å². The zero-order chi connectivity index (χ0) is 9.68. The van der Waals surface area contributed by atoms with Gasteiger partial charge in [-0.15, -0.1) is 6.58 Å². The van der Waals surface area contributed by atoms with E-state index in [1.54, 1.807) is 0 Å². The predicted octanol–water partition coefficient (Wildman–Crippen LogP) is 2.57. The van der Waals surface area contributed by atoms with Crippen molar-refractivity contribution in [3.8, 4) is 0 Å². The number of nitrogens with two attached hydrogens (primary N) is 1. The zero-order valence-corrected chi connectivity index (χ0v) is 8.01. The quantitative estimate of drug-likeness (QED) is 0.420. The SMILES string of the molecule is C=CCCNc1cccc(N)c1C. The summed E-state index contributed by atoms with van der Waals surface area (Å²) >= 11 is 0. The largest absolute Gasteiger partial charge is 0.398 e. The van der Waals surface area contributed by atoms with Crippen LogP contribution in [0.2, 0.25) is 0 Å². The van der Waals surface area contributed by atoms with Crippen molar-refractivity contribution in [2.24, 2.45) is 0 Å². The van der Waals surface area contributed by atoms with Crippen LogP contribution in [0.25, 0.3) is 0 Å². The molecule has 0 fully saturated rings. The van der Waals surface area contributed by atoms with E-state index < -0.39 is 0 Å². The van der Waals surface area contributed by atoms with Gasteiger partial charge in [0.2, 0.25) is 0 Å². The van der Waals surface area contributed by atoms with Crippen LogP contribution in [-0.4, -0.2) is 6.54 Å². The number of anilines is 2. The van der Waals surface area contributed by atoms with Gasteiger partial charge in [0.15, 0.2) is 0 Å². The molecule has 0 atom stereocenters. The van der Waals surface area contributed by atoms with Gasteiger partial charge in [0, 0.05) is 17.9 Å². The van der Waals surface area contributed by atoms with Crippen LogP contribution in [0.15, 0.2) is 30.9 Å². The second-order valence-electron chi connectivity index (χ2n) is 3.02.